The Balaban J connectivity index is 0.982. The summed E-state index contributed by atoms with van der Waals surface area (Å²) in [6, 6.07) is 77.1. The van der Waals surface area contributed by atoms with Crippen molar-refractivity contribution in [1.29, 1.82) is 0 Å². The van der Waals surface area contributed by atoms with Crippen LogP contribution < -0.4 is 9.64 Å². The van der Waals surface area contributed by atoms with Gasteiger partial charge in [0, 0.05) is 28.2 Å². The van der Waals surface area contributed by atoms with Gasteiger partial charge in [0.05, 0.1) is 10.8 Å². The van der Waals surface area contributed by atoms with E-state index < -0.39 is 10.8 Å². The molecule has 5 aliphatic carbocycles. The molecule has 6 aliphatic rings. The zero-order chi connectivity index (χ0) is 46.0. The normalized spacial score (nSPS) is 17.4. The fourth-order valence-electron chi connectivity index (χ4n) is 14.7. The first-order valence-corrected chi connectivity index (χ1v) is 26.2. The van der Waals surface area contributed by atoms with Gasteiger partial charge in [-0.05, 0) is 164 Å². The van der Waals surface area contributed by atoms with Crippen LogP contribution >= 0.6 is 0 Å². The van der Waals surface area contributed by atoms with Crippen molar-refractivity contribution in [1.82, 2.24) is 0 Å². The van der Waals surface area contributed by atoms with E-state index >= 15 is 0 Å². The Kier molecular flexibility index (Phi) is 8.99. The van der Waals surface area contributed by atoms with Gasteiger partial charge in [-0.2, -0.15) is 0 Å². The molecule has 1 heterocycles. The predicted molar refractivity (Wildman–Crippen MR) is 286 cm³/mol. The molecule has 0 unspecified atom stereocenters. The minimum absolute atomic E-state index is 0.442. The summed E-state index contributed by atoms with van der Waals surface area (Å²) < 4.78 is 7.15. The van der Waals surface area contributed by atoms with Crippen LogP contribution in [-0.2, 0) is 10.8 Å². The van der Waals surface area contributed by atoms with Crippen molar-refractivity contribution >= 4 is 17.1 Å². The van der Waals surface area contributed by atoms with Crippen molar-refractivity contribution in [2.75, 3.05) is 4.90 Å². The number of anilines is 3. The summed E-state index contributed by atoms with van der Waals surface area (Å²) in [5.74, 6) is 3.09. The predicted octanol–water partition coefficient (Wildman–Crippen LogP) is 18.1. The van der Waals surface area contributed by atoms with E-state index in [2.05, 4.69) is 205 Å². The Bertz CT molecular complexity index is 3440. The number of fused-ring (bicyclic) bond motifs is 19. The molecule has 2 fully saturated rings. The summed E-state index contributed by atoms with van der Waals surface area (Å²) >= 11 is 0. The topological polar surface area (TPSA) is 12.5 Å². The fourth-order valence-corrected chi connectivity index (χ4v) is 14.7. The molecule has 338 valence electrons. The van der Waals surface area contributed by atoms with Crippen LogP contribution in [0.4, 0.5) is 17.1 Å². The van der Waals surface area contributed by atoms with E-state index in [0.717, 1.165) is 28.6 Å². The summed E-state index contributed by atoms with van der Waals surface area (Å²) in [6.45, 7) is 0. The van der Waals surface area contributed by atoms with Gasteiger partial charge in [-0.1, -0.05) is 190 Å². The second-order valence-corrected chi connectivity index (χ2v) is 21.1. The summed E-state index contributed by atoms with van der Waals surface area (Å²) in [5.41, 5.74) is 23.9. The molecule has 0 aromatic heterocycles. The largest absolute Gasteiger partial charge is 0.457 e. The summed E-state index contributed by atoms with van der Waals surface area (Å²) in [7, 11) is 0. The maximum atomic E-state index is 7.15. The van der Waals surface area contributed by atoms with Crippen molar-refractivity contribution in [2.24, 2.45) is 0 Å². The van der Waals surface area contributed by atoms with Gasteiger partial charge in [0.15, 0.2) is 0 Å². The molecule has 2 spiro atoms. The summed E-state index contributed by atoms with van der Waals surface area (Å²) in [6.07, 6.45) is 12.9. The highest BCUT2D eigenvalue weighted by atomic mass is 16.5. The lowest BCUT2D eigenvalue weighted by Gasteiger charge is -2.41. The van der Waals surface area contributed by atoms with Crippen molar-refractivity contribution in [3.63, 3.8) is 0 Å². The van der Waals surface area contributed by atoms with Crippen LogP contribution in [0.1, 0.15) is 132 Å². The standard InChI is InChI=1S/C68H55NO/c1-4-18-44(19-5-1)46-32-38-65-63(40-46)68(64-41-47(33-39-66(64)70-65)45-20-6-2-7-21-45)60-31-17-13-27-54(60)56-37-35-50(43-62(56)68)69(48-22-8-3-9-23-48)49-34-36-55-53-26-12-16-30-59(53)67(61(55)42-49)57-28-14-10-24-51(57)52-25-11-15-29-58(52)67/h3,8-17,22-45H,1-2,4-7,18-21H2. The van der Waals surface area contributed by atoms with Crippen LogP contribution in [0.5, 0.6) is 11.5 Å². The molecule has 9 aromatic rings. The van der Waals surface area contributed by atoms with Crippen LogP contribution in [0.2, 0.25) is 0 Å². The van der Waals surface area contributed by atoms with Crippen molar-refractivity contribution in [3.8, 4) is 44.9 Å². The second-order valence-electron chi connectivity index (χ2n) is 21.1. The number of nitrogens with zero attached hydrogens (tertiary/aromatic N) is 1. The van der Waals surface area contributed by atoms with E-state index in [0.29, 0.717) is 11.8 Å². The van der Waals surface area contributed by atoms with Crippen molar-refractivity contribution in [3.05, 3.63) is 256 Å². The molecule has 0 N–H and O–H groups in total. The molecule has 2 nitrogen and oxygen atoms in total. The molecule has 0 atom stereocenters. The number of ether oxygens (including phenoxy) is 1. The van der Waals surface area contributed by atoms with E-state index in [9.17, 15) is 0 Å². The van der Waals surface area contributed by atoms with Gasteiger partial charge in [-0.15, -0.1) is 0 Å². The molecular formula is C68H55NO. The van der Waals surface area contributed by atoms with Gasteiger partial charge in [0.1, 0.15) is 11.5 Å². The third kappa shape index (κ3) is 5.56. The first-order chi connectivity index (χ1) is 34.7. The third-order valence-electron chi connectivity index (χ3n) is 17.7. The number of hydrogen-bond acceptors (Lipinski definition) is 2. The van der Waals surface area contributed by atoms with Crippen LogP contribution in [0.25, 0.3) is 33.4 Å². The smallest absolute Gasteiger partial charge is 0.132 e. The third-order valence-corrected chi connectivity index (χ3v) is 17.7. The van der Waals surface area contributed by atoms with Crippen LogP contribution in [0.15, 0.2) is 200 Å². The molecule has 0 saturated heterocycles. The van der Waals surface area contributed by atoms with E-state index in [-0.39, 0.29) is 0 Å². The lowest BCUT2D eigenvalue weighted by atomic mass is 9.64. The molecule has 2 saturated carbocycles. The zero-order valence-corrected chi connectivity index (χ0v) is 39.6. The monoisotopic (exact) mass is 901 g/mol. The Hall–Kier alpha value is -7.42. The summed E-state index contributed by atoms with van der Waals surface area (Å²) in [4.78, 5) is 2.53. The van der Waals surface area contributed by atoms with Crippen molar-refractivity contribution in [2.45, 2.75) is 86.9 Å². The molecule has 0 amide bonds. The van der Waals surface area contributed by atoms with Gasteiger partial charge >= 0.3 is 0 Å². The molecule has 2 heteroatoms. The Labute approximate surface area is 412 Å². The molecule has 0 bridgehead atoms. The van der Waals surface area contributed by atoms with E-state index in [1.807, 2.05) is 0 Å². The molecular weight excluding hydrogens is 847 g/mol. The minimum Gasteiger partial charge on any atom is -0.457 e. The van der Waals surface area contributed by atoms with E-state index in [4.69, 9.17) is 4.74 Å². The Morgan fingerprint density at radius 3 is 1.10 bits per heavy atom. The second kappa shape index (κ2) is 15.5. The first-order valence-electron chi connectivity index (χ1n) is 26.2. The molecule has 1 aliphatic heterocycles. The van der Waals surface area contributed by atoms with Gasteiger partial charge < -0.3 is 9.64 Å². The quantitative estimate of drug-likeness (QED) is 0.171. The number of benzene rings is 9. The highest BCUT2D eigenvalue weighted by molar-refractivity contribution is 5.97. The highest BCUT2D eigenvalue weighted by Crippen LogP contribution is 2.66. The van der Waals surface area contributed by atoms with E-state index in [1.54, 1.807) is 0 Å². The lowest BCUT2D eigenvalue weighted by Crippen LogP contribution is -2.33. The van der Waals surface area contributed by atoms with Crippen LogP contribution in [0.3, 0.4) is 0 Å². The zero-order valence-electron chi connectivity index (χ0n) is 39.6. The average molecular weight is 902 g/mol. The first kappa shape index (κ1) is 40.5. The Morgan fingerprint density at radius 2 is 0.671 bits per heavy atom. The molecule has 9 aromatic carbocycles. The number of para-hydroxylation sites is 1. The minimum atomic E-state index is -0.580. The van der Waals surface area contributed by atoms with Gasteiger partial charge in [-0.3, -0.25) is 0 Å². The van der Waals surface area contributed by atoms with E-state index in [1.165, 1.54) is 153 Å². The fraction of sp³-hybridized carbons (Fsp3) is 0.206. The number of rotatable bonds is 5. The SMILES string of the molecule is c1ccc(N(c2ccc3c(c2)C2(c4cc(C5CCCCC5)ccc4Oc4ccc(C5CCCCC5)cc42)c2ccccc2-3)c2ccc3c(c2)C2(c4ccccc4-c4ccccc42)c2ccccc2-3)cc1. The van der Waals surface area contributed by atoms with Gasteiger partial charge in [-0.25, -0.2) is 0 Å². The maximum absolute atomic E-state index is 7.15. The van der Waals surface area contributed by atoms with Gasteiger partial charge in [0.25, 0.3) is 0 Å². The van der Waals surface area contributed by atoms with Crippen LogP contribution in [-0.4, -0.2) is 0 Å². The van der Waals surface area contributed by atoms with Crippen molar-refractivity contribution < 1.29 is 4.74 Å². The number of hydrogen-bond donors (Lipinski definition) is 0. The lowest BCUT2D eigenvalue weighted by molar-refractivity contribution is 0.424. The van der Waals surface area contributed by atoms with Crippen LogP contribution in [0, 0.1) is 0 Å². The molecule has 70 heavy (non-hydrogen) atoms. The maximum Gasteiger partial charge on any atom is 0.132 e. The summed E-state index contributed by atoms with van der Waals surface area (Å²) in [5, 5.41) is 0. The average Bonchev–Trinajstić information content (AvgIpc) is 4.02. The Morgan fingerprint density at radius 1 is 0.300 bits per heavy atom. The molecule has 15 rings (SSSR count). The van der Waals surface area contributed by atoms with Gasteiger partial charge in [0.2, 0.25) is 0 Å². The highest BCUT2D eigenvalue weighted by Gasteiger charge is 2.53. The molecule has 0 radical (unpaired) electrons.